The summed E-state index contributed by atoms with van der Waals surface area (Å²) < 4.78 is 9.82. The molecule has 2 heterocycles. The third-order valence-electron chi connectivity index (χ3n) is 3.07. The molecule has 0 saturated carbocycles. The normalized spacial score (nSPS) is 27.8. The Morgan fingerprint density at radius 3 is 2.50 bits per heavy atom. The summed E-state index contributed by atoms with van der Waals surface area (Å²) in [6, 6.07) is 0. The molecule has 0 radical (unpaired) electrons. The Labute approximate surface area is 105 Å². The minimum absolute atomic E-state index is 0.199. The highest BCUT2D eigenvalue weighted by molar-refractivity contribution is 5.97. The van der Waals surface area contributed by atoms with Crippen LogP contribution in [0, 0.1) is 11.8 Å². The number of piperidine rings is 1. The summed E-state index contributed by atoms with van der Waals surface area (Å²) in [7, 11) is 0. The number of ether oxygens (including phenoxy) is 2. The second-order valence-corrected chi connectivity index (χ2v) is 5.67. The van der Waals surface area contributed by atoms with Crippen LogP contribution in [0.15, 0.2) is 0 Å². The van der Waals surface area contributed by atoms with Gasteiger partial charge in [-0.3, -0.25) is 9.59 Å². The fourth-order valence-electron chi connectivity index (χ4n) is 2.22. The molecule has 0 aromatic carbocycles. The lowest BCUT2D eigenvalue weighted by Gasteiger charge is -2.33. The molecule has 2 aliphatic rings. The van der Waals surface area contributed by atoms with Gasteiger partial charge in [0.2, 0.25) is 0 Å². The van der Waals surface area contributed by atoms with Crippen LogP contribution in [-0.2, 0) is 19.1 Å². The topological polar surface area (TPSA) is 72.9 Å². The Hall–Kier alpha value is -1.59. The molecular weight excluding hydrogens is 238 g/mol. The zero-order chi connectivity index (χ0) is 13.5. The molecule has 0 aliphatic carbocycles. The summed E-state index contributed by atoms with van der Waals surface area (Å²) in [6.45, 7) is 5.96. The molecule has 0 bridgehead atoms. The van der Waals surface area contributed by atoms with Crippen molar-refractivity contribution in [2.45, 2.75) is 32.8 Å². The second kappa shape index (κ2) is 4.26. The zero-order valence-corrected chi connectivity index (χ0v) is 10.8. The molecule has 100 valence electrons. The van der Waals surface area contributed by atoms with E-state index in [9.17, 15) is 14.4 Å². The molecule has 2 saturated heterocycles. The highest BCUT2D eigenvalue weighted by Gasteiger charge is 2.48. The molecule has 2 rings (SSSR count). The number of likely N-dealkylation sites (tertiary alicyclic amines) is 1. The first-order valence-corrected chi connectivity index (χ1v) is 6.01. The zero-order valence-electron chi connectivity index (χ0n) is 10.8. The molecule has 1 unspecified atom stereocenters. The third-order valence-corrected chi connectivity index (χ3v) is 3.07. The van der Waals surface area contributed by atoms with Crippen LogP contribution in [0.4, 0.5) is 4.79 Å². The van der Waals surface area contributed by atoms with E-state index in [2.05, 4.69) is 4.74 Å². The minimum Gasteiger partial charge on any atom is -0.444 e. The second-order valence-electron chi connectivity index (χ2n) is 5.67. The van der Waals surface area contributed by atoms with Crippen LogP contribution < -0.4 is 0 Å². The van der Waals surface area contributed by atoms with Gasteiger partial charge in [0.15, 0.2) is 0 Å². The SMILES string of the molecule is CC(C)(C)OC(=O)N1CCC2C(=O)OC(=O)[C@@H]2C1. The number of nitrogens with zero attached hydrogens (tertiary/aromatic N) is 1. The predicted molar refractivity (Wildman–Crippen MR) is 60.5 cm³/mol. The van der Waals surface area contributed by atoms with Crippen molar-refractivity contribution in [2.75, 3.05) is 13.1 Å². The average Bonchev–Trinajstić information content (AvgIpc) is 2.52. The molecular formula is C12H17NO5. The molecule has 6 heteroatoms. The molecule has 6 nitrogen and oxygen atoms in total. The van der Waals surface area contributed by atoms with Gasteiger partial charge in [-0.15, -0.1) is 0 Å². The Kier molecular flexibility index (Phi) is 3.04. The molecule has 0 N–H and O–H groups in total. The van der Waals surface area contributed by atoms with Crippen molar-refractivity contribution in [3.05, 3.63) is 0 Å². The van der Waals surface area contributed by atoms with Gasteiger partial charge in [0.05, 0.1) is 11.8 Å². The van der Waals surface area contributed by atoms with Crippen LogP contribution in [0.3, 0.4) is 0 Å². The minimum atomic E-state index is -0.570. The Balaban J connectivity index is 2.01. The summed E-state index contributed by atoms with van der Waals surface area (Å²) in [6.07, 6.45) is 0.00203. The maximum Gasteiger partial charge on any atom is 0.410 e. The molecule has 1 amide bonds. The highest BCUT2D eigenvalue weighted by Crippen LogP contribution is 2.32. The standard InChI is InChI=1S/C12H17NO5/c1-12(2,3)18-11(16)13-5-4-7-8(6-13)10(15)17-9(7)14/h7-8H,4-6H2,1-3H3/t7?,8-/m1/s1. The summed E-state index contributed by atoms with van der Waals surface area (Å²) in [4.78, 5) is 36.1. The van der Waals surface area contributed by atoms with Crippen LogP contribution in [-0.4, -0.2) is 41.6 Å². The van der Waals surface area contributed by atoms with Crippen molar-refractivity contribution in [1.82, 2.24) is 4.90 Å². The maximum atomic E-state index is 11.9. The van der Waals surface area contributed by atoms with Crippen LogP contribution in [0.1, 0.15) is 27.2 Å². The van der Waals surface area contributed by atoms with Crippen molar-refractivity contribution in [1.29, 1.82) is 0 Å². The van der Waals surface area contributed by atoms with Gasteiger partial charge in [-0.25, -0.2) is 4.79 Å². The average molecular weight is 255 g/mol. The first-order valence-electron chi connectivity index (χ1n) is 6.01. The highest BCUT2D eigenvalue weighted by atomic mass is 16.6. The van der Waals surface area contributed by atoms with Crippen molar-refractivity contribution in [2.24, 2.45) is 11.8 Å². The molecule has 0 aromatic heterocycles. The fourth-order valence-corrected chi connectivity index (χ4v) is 2.22. The van der Waals surface area contributed by atoms with Gasteiger partial charge in [-0.05, 0) is 27.2 Å². The Bertz CT molecular complexity index is 398. The lowest BCUT2D eigenvalue weighted by molar-refractivity contribution is -0.153. The largest absolute Gasteiger partial charge is 0.444 e. The number of hydrogen-bond acceptors (Lipinski definition) is 5. The van der Waals surface area contributed by atoms with Crippen molar-refractivity contribution in [3.63, 3.8) is 0 Å². The predicted octanol–water partition coefficient (Wildman–Crippen LogP) is 0.943. The van der Waals surface area contributed by atoms with E-state index in [4.69, 9.17) is 4.74 Å². The maximum absolute atomic E-state index is 11.9. The van der Waals surface area contributed by atoms with Gasteiger partial charge in [0.25, 0.3) is 0 Å². The van der Waals surface area contributed by atoms with Crippen molar-refractivity contribution >= 4 is 18.0 Å². The number of fused-ring (bicyclic) bond motifs is 1. The lowest BCUT2D eigenvalue weighted by Crippen LogP contribution is -2.46. The molecule has 2 fully saturated rings. The molecule has 0 aromatic rings. The number of amides is 1. The van der Waals surface area contributed by atoms with Crippen LogP contribution in [0.5, 0.6) is 0 Å². The van der Waals surface area contributed by atoms with E-state index in [0.29, 0.717) is 13.0 Å². The number of carbonyl (C=O) groups excluding carboxylic acids is 3. The van der Waals surface area contributed by atoms with Gasteiger partial charge in [-0.1, -0.05) is 0 Å². The summed E-state index contributed by atoms with van der Waals surface area (Å²) in [5.74, 6) is -1.91. The first kappa shape index (κ1) is 12.9. The van der Waals surface area contributed by atoms with E-state index >= 15 is 0 Å². The van der Waals surface area contributed by atoms with Crippen LogP contribution in [0.25, 0.3) is 0 Å². The monoisotopic (exact) mass is 255 g/mol. The van der Waals surface area contributed by atoms with E-state index in [1.54, 1.807) is 20.8 Å². The Morgan fingerprint density at radius 2 is 1.89 bits per heavy atom. The van der Waals surface area contributed by atoms with Gasteiger partial charge in [0, 0.05) is 13.1 Å². The summed E-state index contributed by atoms with van der Waals surface area (Å²) in [5.41, 5.74) is -0.570. The lowest BCUT2D eigenvalue weighted by atomic mass is 9.88. The number of rotatable bonds is 0. The van der Waals surface area contributed by atoms with Gasteiger partial charge < -0.3 is 14.4 Å². The smallest absolute Gasteiger partial charge is 0.410 e. The van der Waals surface area contributed by atoms with Crippen molar-refractivity contribution < 1.29 is 23.9 Å². The number of esters is 2. The van der Waals surface area contributed by atoms with Gasteiger partial charge >= 0.3 is 18.0 Å². The number of hydrogen-bond donors (Lipinski definition) is 0. The van der Waals surface area contributed by atoms with Crippen molar-refractivity contribution in [3.8, 4) is 0 Å². The van der Waals surface area contributed by atoms with Gasteiger partial charge in [-0.2, -0.15) is 0 Å². The van der Waals surface area contributed by atoms with E-state index in [1.165, 1.54) is 4.90 Å². The number of carbonyl (C=O) groups is 3. The molecule has 0 spiro atoms. The Morgan fingerprint density at radius 1 is 1.28 bits per heavy atom. The molecule has 2 atom stereocenters. The summed E-state index contributed by atoms with van der Waals surface area (Å²) >= 11 is 0. The van der Waals surface area contributed by atoms with Crippen LogP contribution >= 0.6 is 0 Å². The van der Waals surface area contributed by atoms with E-state index < -0.39 is 35.5 Å². The fraction of sp³-hybridized carbons (Fsp3) is 0.750. The summed E-state index contributed by atoms with van der Waals surface area (Å²) in [5, 5.41) is 0. The number of cyclic esters (lactones) is 2. The first-order chi connectivity index (χ1) is 8.28. The van der Waals surface area contributed by atoms with Gasteiger partial charge in [0.1, 0.15) is 5.60 Å². The molecule has 18 heavy (non-hydrogen) atoms. The van der Waals surface area contributed by atoms with E-state index in [0.717, 1.165) is 0 Å². The quantitative estimate of drug-likeness (QED) is 0.476. The van der Waals surface area contributed by atoms with Crippen LogP contribution in [0.2, 0.25) is 0 Å². The third kappa shape index (κ3) is 2.47. The molecule has 2 aliphatic heterocycles. The van der Waals surface area contributed by atoms with E-state index in [-0.39, 0.29) is 6.54 Å². The van der Waals surface area contributed by atoms with E-state index in [1.807, 2.05) is 0 Å².